The van der Waals surface area contributed by atoms with Crippen LogP contribution in [0.3, 0.4) is 0 Å². The Balaban J connectivity index is 1.40. The minimum absolute atomic E-state index is 0.222. The topological polar surface area (TPSA) is 138 Å². The summed E-state index contributed by atoms with van der Waals surface area (Å²) in [6.45, 7) is 0.704. The van der Waals surface area contributed by atoms with E-state index in [4.69, 9.17) is 34.2 Å². The summed E-state index contributed by atoms with van der Waals surface area (Å²) in [5, 5.41) is 13.5. The fourth-order valence-corrected chi connectivity index (χ4v) is 4.31. The fourth-order valence-electron chi connectivity index (χ4n) is 3.79. The lowest BCUT2D eigenvalue weighted by Crippen LogP contribution is -2.23. The number of benzene rings is 2. The van der Waals surface area contributed by atoms with Crippen LogP contribution in [0.2, 0.25) is 10.0 Å². The average Bonchev–Trinajstić information content (AvgIpc) is 3.42. The van der Waals surface area contributed by atoms with Crippen molar-refractivity contribution < 1.29 is 4.79 Å². The maximum atomic E-state index is 12.6. The van der Waals surface area contributed by atoms with Crippen LogP contribution in [0, 0.1) is 11.3 Å². The Labute approximate surface area is 203 Å². The van der Waals surface area contributed by atoms with Gasteiger partial charge in [0.25, 0.3) is 5.91 Å². The van der Waals surface area contributed by atoms with Gasteiger partial charge in [-0.05, 0) is 42.0 Å². The third kappa shape index (κ3) is 4.01. The van der Waals surface area contributed by atoms with Crippen molar-refractivity contribution in [1.82, 2.24) is 29.8 Å². The molecule has 0 aliphatic rings. The summed E-state index contributed by atoms with van der Waals surface area (Å²) in [5.74, 6) is -0.0196. The minimum atomic E-state index is -0.339. The first-order chi connectivity index (χ1) is 16.4. The van der Waals surface area contributed by atoms with E-state index in [0.717, 1.165) is 22.2 Å². The molecule has 0 radical (unpaired) electrons. The number of nitrogens with one attached hydrogen (secondary N) is 2. The molecule has 0 bridgehead atoms. The Morgan fingerprint density at radius 3 is 2.82 bits per heavy atom. The number of hydrogen-bond acceptors (Lipinski definition) is 6. The van der Waals surface area contributed by atoms with E-state index in [1.807, 2.05) is 28.8 Å². The number of nitrogens with zero attached hydrogens (tertiary/aromatic N) is 5. The van der Waals surface area contributed by atoms with Gasteiger partial charge in [-0.15, -0.1) is 0 Å². The number of nitrogens with two attached hydrogens (primary N) is 1. The van der Waals surface area contributed by atoms with Gasteiger partial charge in [-0.2, -0.15) is 5.26 Å². The summed E-state index contributed by atoms with van der Waals surface area (Å²) in [4.78, 5) is 28.5. The number of anilines is 1. The molecule has 11 heteroatoms. The third-order valence-corrected chi connectivity index (χ3v) is 5.91. The number of aromatic amines is 1. The van der Waals surface area contributed by atoms with Crippen molar-refractivity contribution in [2.45, 2.75) is 13.1 Å². The Hall–Kier alpha value is -4.13. The molecule has 34 heavy (non-hydrogen) atoms. The number of fused-ring (bicyclic) bond motifs is 2. The zero-order valence-electron chi connectivity index (χ0n) is 17.5. The first-order valence-corrected chi connectivity index (χ1v) is 10.9. The number of rotatable bonds is 5. The minimum Gasteiger partial charge on any atom is -0.382 e. The zero-order chi connectivity index (χ0) is 23.8. The van der Waals surface area contributed by atoms with Gasteiger partial charge in [0.15, 0.2) is 11.5 Å². The van der Waals surface area contributed by atoms with Crippen LogP contribution in [0.1, 0.15) is 27.2 Å². The van der Waals surface area contributed by atoms with Crippen molar-refractivity contribution >= 4 is 57.0 Å². The van der Waals surface area contributed by atoms with Gasteiger partial charge in [-0.1, -0.05) is 23.2 Å². The lowest BCUT2D eigenvalue weighted by molar-refractivity contribution is 0.0950. The van der Waals surface area contributed by atoms with Crippen LogP contribution in [0.15, 0.2) is 49.1 Å². The summed E-state index contributed by atoms with van der Waals surface area (Å²) in [6.07, 6.45) is 3.06. The van der Waals surface area contributed by atoms with Crippen molar-refractivity contribution in [2.24, 2.45) is 0 Å². The van der Waals surface area contributed by atoms with Crippen molar-refractivity contribution in [3.05, 3.63) is 81.5 Å². The maximum absolute atomic E-state index is 12.6. The average molecular weight is 491 g/mol. The molecule has 5 rings (SSSR count). The number of carbonyl (C=O) groups excluding carboxylic acids is 1. The monoisotopic (exact) mass is 490 g/mol. The molecule has 168 valence electrons. The van der Waals surface area contributed by atoms with Crippen LogP contribution < -0.4 is 11.1 Å². The van der Waals surface area contributed by atoms with Crippen LogP contribution in [0.4, 0.5) is 5.82 Å². The van der Waals surface area contributed by atoms with Crippen LogP contribution in [-0.2, 0) is 13.1 Å². The van der Waals surface area contributed by atoms with E-state index in [1.54, 1.807) is 12.4 Å². The molecule has 9 nitrogen and oxygen atoms in total. The lowest BCUT2D eigenvalue weighted by atomic mass is 10.1. The molecule has 2 aromatic carbocycles. The second-order valence-corrected chi connectivity index (χ2v) is 8.46. The van der Waals surface area contributed by atoms with Crippen molar-refractivity contribution in [3.8, 4) is 6.07 Å². The van der Waals surface area contributed by atoms with Gasteiger partial charge in [0, 0.05) is 16.1 Å². The molecule has 0 unspecified atom stereocenters. The van der Waals surface area contributed by atoms with E-state index in [2.05, 4.69) is 25.3 Å². The number of aromatic nitrogens is 5. The highest BCUT2D eigenvalue weighted by Crippen LogP contribution is 2.27. The molecule has 0 saturated carbocycles. The summed E-state index contributed by atoms with van der Waals surface area (Å²) in [5.41, 5.74) is 10.3. The van der Waals surface area contributed by atoms with Crippen LogP contribution in [0.25, 0.3) is 22.1 Å². The lowest BCUT2D eigenvalue weighted by Gasteiger charge is -2.07. The third-order valence-electron chi connectivity index (χ3n) is 5.38. The van der Waals surface area contributed by atoms with E-state index in [0.29, 0.717) is 39.7 Å². The van der Waals surface area contributed by atoms with Gasteiger partial charge >= 0.3 is 0 Å². The molecule has 5 aromatic rings. The molecule has 4 N–H and O–H groups in total. The Morgan fingerprint density at radius 2 is 2.03 bits per heavy atom. The number of hydrogen-bond donors (Lipinski definition) is 3. The van der Waals surface area contributed by atoms with Gasteiger partial charge in [-0.3, -0.25) is 4.79 Å². The molecule has 0 aliphatic heterocycles. The van der Waals surface area contributed by atoms with E-state index in [1.165, 1.54) is 18.5 Å². The van der Waals surface area contributed by atoms with Gasteiger partial charge in [0.1, 0.15) is 11.8 Å². The van der Waals surface area contributed by atoms with Gasteiger partial charge in [0.05, 0.1) is 47.2 Å². The van der Waals surface area contributed by atoms with E-state index in [9.17, 15) is 4.79 Å². The SMILES string of the molecule is N#Cc1ccc(C(=O)NCc2cc3cc(Cl)cc(Cn4cnc5c(N)ncnc54)c3[nH]2)c(Cl)c1. The van der Waals surface area contributed by atoms with Crippen molar-refractivity contribution in [2.75, 3.05) is 5.73 Å². The molecular weight excluding hydrogens is 475 g/mol. The highest BCUT2D eigenvalue weighted by Gasteiger charge is 2.14. The highest BCUT2D eigenvalue weighted by atomic mass is 35.5. The number of halogens is 2. The standard InChI is InChI=1S/C23H16Cl2N8O/c24-15-4-13-6-16(8-28-23(34)17-2-1-12(7-26)3-18(17)25)32-19(13)14(5-15)9-33-11-31-20-21(27)29-10-30-22(20)33/h1-6,10-11,32H,8-9H2,(H,28,34)(H2,27,29,30). The number of imidazole rings is 1. The predicted octanol–water partition coefficient (Wildman–Crippen LogP) is 4.05. The van der Waals surface area contributed by atoms with E-state index < -0.39 is 0 Å². The molecule has 0 spiro atoms. The molecule has 0 aliphatic carbocycles. The quantitative estimate of drug-likeness (QED) is 0.339. The van der Waals surface area contributed by atoms with Crippen LogP contribution >= 0.6 is 23.2 Å². The molecule has 1 amide bonds. The number of amides is 1. The number of nitriles is 1. The second kappa shape index (κ2) is 8.67. The van der Waals surface area contributed by atoms with Gasteiger partial charge in [-0.25, -0.2) is 15.0 Å². The Kier molecular flexibility index (Phi) is 5.53. The molecule has 3 heterocycles. The van der Waals surface area contributed by atoms with E-state index in [-0.39, 0.29) is 17.5 Å². The van der Waals surface area contributed by atoms with Crippen LogP contribution in [-0.4, -0.2) is 30.4 Å². The highest BCUT2D eigenvalue weighted by molar-refractivity contribution is 6.34. The first-order valence-electron chi connectivity index (χ1n) is 10.1. The van der Waals surface area contributed by atoms with Crippen molar-refractivity contribution in [3.63, 3.8) is 0 Å². The molecule has 0 saturated heterocycles. The number of carbonyl (C=O) groups is 1. The molecule has 3 aromatic heterocycles. The van der Waals surface area contributed by atoms with Gasteiger partial charge < -0.3 is 20.6 Å². The fraction of sp³-hybridized carbons (Fsp3) is 0.0870. The maximum Gasteiger partial charge on any atom is 0.253 e. The Morgan fingerprint density at radius 1 is 1.18 bits per heavy atom. The first kappa shape index (κ1) is 21.7. The van der Waals surface area contributed by atoms with Gasteiger partial charge in [0.2, 0.25) is 0 Å². The largest absolute Gasteiger partial charge is 0.382 e. The second-order valence-electron chi connectivity index (χ2n) is 7.62. The number of nitrogen functional groups attached to an aromatic ring is 1. The van der Waals surface area contributed by atoms with E-state index >= 15 is 0 Å². The zero-order valence-corrected chi connectivity index (χ0v) is 19.0. The summed E-state index contributed by atoms with van der Waals surface area (Å²) < 4.78 is 1.87. The summed E-state index contributed by atoms with van der Waals surface area (Å²) in [7, 11) is 0. The molecule has 0 atom stereocenters. The molecule has 0 fully saturated rings. The molecular formula is C23H16Cl2N8O. The van der Waals surface area contributed by atoms with Crippen LogP contribution in [0.5, 0.6) is 0 Å². The summed E-state index contributed by atoms with van der Waals surface area (Å²) >= 11 is 12.5. The van der Waals surface area contributed by atoms with Crippen molar-refractivity contribution in [1.29, 1.82) is 5.26 Å². The normalized spacial score (nSPS) is 11.1. The summed E-state index contributed by atoms with van der Waals surface area (Å²) in [6, 6.07) is 12.2. The smallest absolute Gasteiger partial charge is 0.253 e. The Bertz CT molecular complexity index is 1620. The number of H-pyrrole nitrogens is 1. The predicted molar refractivity (Wildman–Crippen MR) is 129 cm³/mol.